The highest BCUT2D eigenvalue weighted by Gasteiger charge is 2.34. The first-order chi connectivity index (χ1) is 8.84. The van der Waals surface area contributed by atoms with E-state index in [0.717, 1.165) is 0 Å². The van der Waals surface area contributed by atoms with Crippen LogP contribution in [0.15, 0.2) is 0 Å². The third-order valence-corrected chi connectivity index (χ3v) is 2.50. The minimum absolute atomic E-state index is 0.0389. The molecule has 0 radical (unpaired) electrons. The zero-order chi connectivity index (χ0) is 15.0. The average Bonchev–Trinajstić information content (AvgIpc) is 2.37. The van der Waals surface area contributed by atoms with Crippen molar-refractivity contribution in [2.75, 3.05) is 6.61 Å². The van der Waals surface area contributed by atoms with E-state index in [1.54, 1.807) is 0 Å². The molecule has 0 aliphatic rings. The van der Waals surface area contributed by atoms with Crippen LogP contribution in [-0.4, -0.2) is 36.2 Å². The van der Waals surface area contributed by atoms with Crippen molar-refractivity contribution < 1.29 is 28.7 Å². The summed E-state index contributed by atoms with van der Waals surface area (Å²) >= 11 is 0. The maximum atomic E-state index is 11.6. The van der Waals surface area contributed by atoms with E-state index in [-0.39, 0.29) is 19.3 Å². The summed E-state index contributed by atoms with van der Waals surface area (Å²) < 4.78 is 4.88. The number of esters is 1. The molecule has 6 nitrogen and oxygen atoms in total. The summed E-state index contributed by atoms with van der Waals surface area (Å²) in [6, 6.07) is 0. The van der Waals surface area contributed by atoms with Gasteiger partial charge in [0.1, 0.15) is 5.92 Å². The Hall–Kier alpha value is -1.85. The van der Waals surface area contributed by atoms with Crippen molar-refractivity contribution >= 4 is 29.6 Å². The van der Waals surface area contributed by atoms with Crippen molar-refractivity contribution in [1.82, 2.24) is 0 Å². The molecule has 0 saturated heterocycles. The number of ketones is 3. The summed E-state index contributed by atoms with van der Waals surface area (Å²) in [6.45, 7) is 5.56. The van der Waals surface area contributed by atoms with Crippen LogP contribution in [0.4, 0.5) is 0 Å². The molecular weight excluding hydrogens is 252 g/mol. The monoisotopic (exact) mass is 270 g/mol. The van der Waals surface area contributed by atoms with Gasteiger partial charge in [0.2, 0.25) is 5.78 Å². The van der Waals surface area contributed by atoms with Crippen molar-refractivity contribution in [3.8, 4) is 0 Å². The highest BCUT2D eigenvalue weighted by atomic mass is 16.5. The molecule has 0 aliphatic heterocycles. The molecule has 19 heavy (non-hydrogen) atoms. The van der Waals surface area contributed by atoms with Gasteiger partial charge in [-0.25, -0.2) is 0 Å². The molecule has 0 rings (SSSR count). The minimum Gasteiger partial charge on any atom is -0.465 e. The Balaban J connectivity index is 4.59. The van der Waals surface area contributed by atoms with Gasteiger partial charge in [0.25, 0.3) is 11.6 Å². The molecule has 0 bridgehead atoms. The molecule has 1 unspecified atom stereocenters. The van der Waals surface area contributed by atoms with Crippen LogP contribution in [0.2, 0.25) is 0 Å². The van der Waals surface area contributed by atoms with Crippen molar-refractivity contribution in [1.29, 1.82) is 0 Å². The molecular formula is C13H18O6. The van der Waals surface area contributed by atoms with E-state index in [1.165, 1.54) is 6.92 Å². The molecule has 0 aromatic heterocycles. The van der Waals surface area contributed by atoms with Gasteiger partial charge in [0, 0.05) is 0 Å². The lowest BCUT2D eigenvalue weighted by Crippen LogP contribution is -2.35. The lowest BCUT2D eigenvalue weighted by Gasteiger charge is -2.12. The predicted molar refractivity (Wildman–Crippen MR) is 65.3 cm³/mol. The van der Waals surface area contributed by atoms with E-state index < -0.39 is 29.2 Å². The van der Waals surface area contributed by atoms with Crippen LogP contribution >= 0.6 is 0 Å². The maximum absolute atomic E-state index is 11.6. The van der Waals surface area contributed by atoms with Gasteiger partial charge >= 0.3 is 5.97 Å². The van der Waals surface area contributed by atoms with Crippen LogP contribution < -0.4 is 0 Å². The van der Waals surface area contributed by atoms with Gasteiger partial charge in [0.15, 0.2) is 6.29 Å². The van der Waals surface area contributed by atoms with E-state index in [1.807, 2.05) is 13.8 Å². The zero-order valence-corrected chi connectivity index (χ0v) is 11.3. The fraction of sp³-hybridized carbons (Fsp3) is 0.615. The van der Waals surface area contributed by atoms with Crippen LogP contribution in [0, 0.1) is 11.8 Å². The third kappa shape index (κ3) is 5.54. The first-order valence-corrected chi connectivity index (χ1v) is 6.09. The molecule has 0 amide bonds. The van der Waals surface area contributed by atoms with E-state index in [0.29, 0.717) is 12.3 Å². The maximum Gasteiger partial charge on any atom is 0.316 e. The Morgan fingerprint density at radius 2 is 1.74 bits per heavy atom. The fourth-order valence-corrected chi connectivity index (χ4v) is 1.29. The summed E-state index contributed by atoms with van der Waals surface area (Å²) in [5.74, 6) is -5.92. The van der Waals surface area contributed by atoms with Gasteiger partial charge in [-0.3, -0.25) is 24.0 Å². The predicted octanol–water partition coefficient (Wildman–Crippen LogP) is 0.508. The second kappa shape index (κ2) is 8.29. The molecule has 0 spiro atoms. The number of rotatable bonds is 9. The van der Waals surface area contributed by atoms with Crippen molar-refractivity contribution in [3.63, 3.8) is 0 Å². The number of ether oxygens (including phenoxy) is 1. The Morgan fingerprint density at radius 3 is 2.16 bits per heavy atom. The molecule has 0 heterocycles. The van der Waals surface area contributed by atoms with E-state index in [4.69, 9.17) is 4.74 Å². The number of carbonyl (C=O) groups excluding carboxylic acids is 5. The summed E-state index contributed by atoms with van der Waals surface area (Å²) in [4.78, 5) is 55.4. The highest BCUT2D eigenvalue weighted by molar-refractivity contribution is 6.75. The largest absolute Gasteiger partial charge is 0.465 e. The van der Waals surface area contributed by atoms with Crippen LogP contribution in [0.3, 0.4) is 0 Å². The van der Waals surface area contributed by atoms with Gasteiger partial charge in [0.05, 0.1) is 6.61 Å². The molecule has 0 aliphatic carbocycles. The van der Waals surface area contributed by atoms with E-state index >= 15 is 0 Å². The fourth-order valence-electron chi connectivity index (χ4n) is 1.29. The Bertz CT molecular complexity index is 383. The molecule has 1 atom stereocenters. The van der Waals surface area contributed by atoms with Crippen molar-refractivity contribution in [3.05, 3.63) is 0 Å². The first kappa shape index (κ1) is 17.2. The smallest absolute Gasteiger partial charge is 0.316 e. The van der Waals surface area contributed by atoms with Gasteiger partial charge < -0.3 is 4.74 Å². The average molecular weight is 270 g/mol. The number of Topliss-reactive ketones (excluding diaryl/α,β-unsaturated/α-hetero) is 3. The van der Waals surface area contributed by atoms with Crippen LogP contribution in [-0.2, 0) is 28.7 Å². The Labute approximate surface area is 111 Å². The molecule has 6 heteroatoms. The summed E-state index contributed by atoms with van der Waals surface area (Å²) in [7, 11) is 0. The first-order valence-electron chi connectivity index (χ1n) is 6.09. The summed E-state index contributed by atoms with van der Waals surface area (Å²) in [6.07, 6.45) is 0.436. The molecule has 106 valence electrons. The van der Waals surface area contributed by atoms with E-state index in [2.05, 4.69) is 0 Å². The minimum atomic E-state index is -1.47. The van der Waals surface area contributed by atoms with Crippen LogP contribution in [0.5, 0.6) is 0 Å². The van der Waals surface area contributed by atoms with Crippen molar-refractivity contribution in [2.24, 2.45) is 11.8 Å². The highest BCUT2D eigenvalue weighted by Crippen LogP contribution is 2.09. The van der Waals surface area contributed by atoms with Gasteiger partial charge in [-0.05, 0) is 18.8 Å². The molecule has 0 fully saturated rings. The van der Waals surface area contributed by atoms with Gasteiger partial charge in [-0.2, -0.15) is 0 Å². The quantitative estimate of drug-likeness (QED) is 0.262. The van der Waals surface area contributed by atoms with Crippen molar-refractivity contribution in [2.45, 2.75) is 33.6 Å². The number of hydrogen-bond donors (Lipinski definition) is 0. The lowest BCUT2D eigenvalue weighted by molar-refractivity contribution is -0.156. The Kier molecular flexibility index (Phi) is 7.48. The number of aldehydes is 1. The molecule has 0 aromatic rings. The van der Waals surface area contributed by atoms with Gasteiger partial charge in [-0.1, -0.05) is 20.8 Å². The molecule has 0 saturated carbocycles. The van der Waals surface area contributed by atoms with Crippen LogP contribution in [0.1, 0.15) is 33.6 Å². The standard InChI is InChI=1S/C13H18O6/c1-4-9(11(16)12(17)10(15)7-14)13(18)19-6-5-8(2)3/h7-9H,4-6H2,1-3H3. The summed E-state index contributed by atoms with van der Waals surface area (Å²) in [5, 5.41) is 0. The summed E-state index contributed by atoms with van der Waals surface area (Å²) in [5.41, 5.74) is 0. The molecule has 0 aromatic carbocycles. The normalized spacial score (nSPS) is 11.8. The second-order valence-corrected chi connectivity index (χ2v) is 4.49. The van der Waals surface area contributed by atoms with Gasteiger partial charge in [-0.15, -0.1) is 0 Å². The number of hydrogen-bond acceptors (Lipinski definition) is 6. The second-order valence-electron chi connectivity index (χ2n) is 4.49. The molecule has 0 N–H and O–H groups in total. The topological polar surface area (TPSA) is 94.6 Å². The lowest BCUT2D eigenvalue weighted by atomic mass is 9.96. The number of carbonyl (C=O) groups is 5. The van der Waals surface area contributed by atoms with E-state index in [9.17, 15) is 24.0 Å². The Morgan fingerprint density at radius 1 is 1.16 bits per heavy atom. The third-order valence-electron chi connectivity index (χ3n) is 2.50. The van der Waals surface area contributed by atoms with Crippen LogP contribution in [0.25, 0.3) is 0 Å². The SMILES string of the molecule is CCC(C(=O)OCCC(C)C)C(=O)C(=O)C(=O)C=O. The zero-order valence-electron chi connectivity index (χ0n) is 11.3.